The first-order chi connectivity index (χ1) is 12.4. The summed E-state index contributed by atoms with van der Waals surface area (Å²) in [5, 5.41) is 0.381. The number of esters is 1. The van der Waals surface area contributed by atoms with Crippen LogP contribution >= 0.6 is 11.3 Å². The van der Waals surface area contributed by atoms with Crippen molar-refractivity contribution in [3.63, 3.8) is 0 Å². The number of hydrogen-bond donors (Lipinski definition) is 0. The third kappa shape index (κ3) is 3.38. The minimum absolute atomic E-state index is 0.0440. The average Bonchev–Trinajstić information content (AvgIpc) is 3.00. The second-order valence-electron chi connectivity index (χ2n) is 6.70. The second-order valence-corrected chi connectivity index (χ2v) is 7.70. The van der Waals surface area contributed by atoms with Crippen LogP contribution in [0.3, 0.4) is 0 Å². The van der Waals surface area contributed by atoms with Gasteiger partial charge in [-0.2, -0.15) is 0 Å². The third-order valence-electron chi connectivity index (χ3n) is 5.11. The minimum atomic E-state index is -0.482. The highest BCUT2D eigenvalue weighted by atomic mass is 32.1. The maximum atomic E-state index is 12.8. The zero-order chi connectivity index (χ0) is 18.8. The van der Waals surface area contributed by atoms with Gasteiger partial charge >= 0.3 is 5.97 Å². The summed E-state index contributed by atoms with van der Waals surface area (Å²) in [6.07, 6.45) is 6.91. The Labute approximate surface area is 155 Å². The molecule has 1 amide bonds. The van der Waals surface area contributed by atoms with Gasteiger partial charge in [0.2, 0.25) is 5.91 Å². The number of aryl methyl sites for hydroxylation is 1. The van der Waals surface area contributed by atoms with Crippen LogP contribution in [0.25, 0.3) is 10.2 Å². The fourth-order valence-electron chi connectivity index (χ4n) is 3.49. The van der Waals surface area contributed by atoms with Crippen molar-refractivity contribution in [3.05, 3.63) is 27.1 Å². The molecule has 7 nitrogen and oxygen atoms in total. The number of amides is 1. The van der Waals surface area contributed by atoms with Crippen molar-refractivity contribution in [2.45, 2.75) is 51.6 Å². The van der Waals surface area contributed by atoms with E-state index in [9.17, 15) is 14.4 Å². The van der Waals surface area contributed by atoms with E-state index in [1.807, 2.05) is 0 Å². The summed E-state index contributed by atoms with van der Waals surface area (Å²) in [5.41, 5.74) is 0.251. The largest absolute Gasteiger partial charge is 0.465 e. The smallest absolute Gasteiger partial charge is 0.348 e. The molecule has 3 rings (SSSR count). The molecular formula is C18H23N3O4S. The molecule has 1 fully saturated rings. The van der Waals surface area contributed by atoms with Gasteiger partial charge in [0.1, 0.15) is 16.3 Å². The summed E-state index contributed by atoms with van der Waals surface area (Å²) in [6.45, 7) is 1.66. The zero-order valence-electron chi connectivity index (χ0n) is 15.3. The number of carbonyl (C=O) groups is 2. The lowest BCUT2D eigenvalue weighted by Gasteiger charge is -2.31. The monoisotopic (exact) mass is 377 g/mol. The van der Waals surface area contributed by atoms with Crippen molar-refractivity contribution in [1.82, 2.24) is 14.5 Å². The lowest BCUT2D eigenvalue weighted by Crippen LogP contribution is -2.41. The molecule has 0 N–H and O–H groups in total. The maximum absolute atomic E-state index is 12.8. The lowest BCUT2D eigenvalue weighted by atomic mass is 9.94. The summed E-state index contributed by atoms with van der Waals surface area (Å²) in [5.74, 6) is -0.578. The summed E-state index contributed by atoms with van der Waals surface area (Å²) in [7, 11) is 3.11. The van der Waals surface area contributed by atoms with E-state index in [2.05, 4.69) is 4.98 Å². The summed E-state index contributed by atoms with van der Waals surface area (Å²) in [4.78, 5) is 44.1. The van der Waals surface area contributed by atoms with Crippen LogP contribution < -0.4 is 5.56 Å². The minimum Gasteiger partial charge on any atom is -0.465 e. The molecule has 1 saturated carbocycles. The van der Waals surface area contributed by atoms with Crippen LogP contribution in [0, 0.1) is 6.92 Å². The van der Waals surface area contributed by atoms with Crippen molar-refractivity contribution in [2.75, 3.05) is 14.2 Å². The van der Waals surface area contributed by atoms with E-state index in [0.29, 0.717) is 20.7 Å². The molecule has 0 radical (unpaired) electrons. The van der Waals surface area contributed by atoms with Crippen LogP contribution in [-0.2, 0) is 16.1 Å². The van der Waals surface area contributed by atoms with Crippen molar-refractivity contribution in [1.29, 1.82) is 0 Å². The van der Waals surface area contributed by atoms with E-state index in [1.54, 1.807) is 18.9 Å². The van der Waals surface area contributed by atoms with Gasteiger partial charge in [0.05, 0.1) is 18.8 Å². The Morgan fingerprint density at radius 2 is 2.04 bits per heavy atom. The van der Waals surface area contributed by atoms with Crippen LogP contribution in [0.1, 0.15) is 47.3 Å². The molecule has 0 atom stereocenters. The Balaban J connectivity index is 1.87. The lowest BCUT2D eigenvalue weighted by molar-refractivity contribution is -0.133. The van der Waals surface area contributed by atoms with Crippen LogP contribution in [-0.4, -0.2) is 46.5 Å². The standard InChI is InChI=1S/C18H23N3O4S/c1-11-14-16(26-15(11)18(24)25-3)19-10-21(17(14)23)9-13(22)20(2)12-7-5-4-6-8-12/h10,12H,4-9H2,1-3H3. The van der Waals surface area contributed by atoms with Gasteiger partial charge in [0.15, 0.2) is 0 Å². The Hall–Kier alpha value is -2.22. The van der Waals surface area contributed by atoms with E-state index >= 15 is 0 Å². The molecule has 2 heterocycles. The predicted molar refractivity (Wildman–Crippen MR) is 99.6 cm³/mol. The number of thiophene rings is 1. The quantitative estimate of drug-likeness (QED) is 0.764. The van der Waals surface area contributed by atoms with Gasteiger partial charge in [0.25, 0.3) is 5.56 Å². The van der Waals surface area contributed by atoms with Crippen molar-refractivity contribution >= 4 is 33.4 Å². The molecule has 2 aromatic rings. The number of carbonyl (C=O) groups excluding carboxylic acids is 2. The number of rotatable bonds is 4. The molecule has 0 saturated heterocycles. The van der Waals surface area contributed by atoms with Gasteiger partial charge in [-0.1, -0.05) is 19.3 Å². The Morgan fingerprint density at radius 1 is 1.35 bits per heavy atom. The first-order valence-corrected chi connectivity index (χ1v) is 9.58. The molecule has 140 valence electrons. The van der Waals surface area contributed by atoms with Gasteiger partial charge in [0, 0.05) is 13.1 Å². The molecule has 1 aliphatic rings. The molecule has 0 aliphatic heterocycles. The Bertz CT molecular complexity index is 896. The van der Waals surface area contributed by atoms with E-state index in [4.69, 9.17) is 4.74 Å². The van der Waals surface area contributed by atoms with E-state index in [1.165, 1.54) is 24.4 Å². The highest BCUT2D eigenvalue weighted by Crippen LogP contribution is 2.27. The van der Waals surface area contributed by atoms with Gasteiger partial charge in [-0.05, 0) is 25.3 Å². The predicted octanol–water partition coefficient (Wildman–Crippen LogP) is 2.34. The number of aromatic nitrogens is 2. The number of methoxy groups -OCH3 is 1. The molecule has 26 heavy (non-hydrogen) atoms. The average molecular weight is 377 g/mol. The number of likely N-dealkylation sites (N-methyl/N-ethyl adjacent to an activating group) is 1. The number of fused-ring (bicyclic) bond motifs is 1. The molecule has 1 aliphatic carbocycles. The molecule has 0 aromatic carbocycles. The first kappa shape index (κ1) is 18.6. The van der Waals surface area contributed by atoms with Gasteiger partial charge < -0.3 is 9.64 Å². The fourth-order valence-corrected chi connectivity index (χ4v) is 4.55. The molecule has 0 unspecified atom stereocenters. The molecular weight excluding hydrogens is 354 g/mol. The van der Waals surface area contributed by atoms with Gasteiger partial charge in [-0.25, -0.2) is 9.78 Å². The highest BCUT2D eigenvalue weighted by molar-refractivity contribution is 7.20. The van der Waals surface area contributed by atoms with Crippen molar-refractivity contribution < 1.29 is 14.3 Å². The fraction of sp³-hybridized carbons (Fsp3) is 0.556. The SMILES string of the molecule is COC(=O)c1sc2ncn(CC(=O)N(C)C3CCCCC3)c(=O)c2c1C. The van der Waals surface area contributed by atoms with Crippen LogP contribution in [0.5, 0.6) is 0 Å². The Kier molecular flexibility index (Phi) is 5.41. The van der Waals surface area contributed by atoms with E-state index in [0.717, 1.165) is 37.0 Å². The first-order valence-electron chi connectivity index (χ1n) is 8.76. The number of nitrogens with zero attached hydrogens (tertiary/aromatic N) is 3. The van der Waals surface area contributed by atoms with Crippen LogP contribution in [0.15, 0.2) is 11.1 Å². The molecule has 0 spiro atoms. The summed E-state index contributed by atoms with van der Waals surface area (Å²) >= 11 is 1.13. The number of hydrogen-bond acceptors (Lipinski definition) is 6. The normalized spacial score (nSPS) is 15.2. The van der Waals surface area contributed by atoms with Crippen LogP contribution in [0.2, 0.25) is 0 Å². The summed E-state index contributed by atoms with van der Waals surface area (Å²) in [6, 6.07) is 0.248. The van der Waals surface area contributed by atoms with E-state index in [-0.39, 0.29) is 24.1 Å². The van der Waals surface area contributed by atoms with Gasteiger partial charge in [-0.15, -0.1) is 11.3 Å². The number of ether oxygens (including phenoxy) is 1. The highest BCUT2D eigenvalue weighted by Gasteiger charge is 2.24. The molecule has 0 bridgehead atoms. The van der Waals surface area contributed by atoms with E-state index < -0.39 is 5.97 Å². The zero-order valence-corrected chi connectivity index (χ0v) is 16.1. The van der Waals surface area contributed by atoms with Crippen LogP contribution in [0.4, 0.5) is 0 Å². The molecule has 8 heteroatoms. The second kappa shape index (κ2) is 7.57. The van der Waals surface area contributed by atoms with Crippen molar-refractivity contribution in [2.24, 2.45) is 0 Å². The van der Waals surface area contributed by atoms with Gasteiger partial charge in [-0.3, -0.25) is 14.2 Å². The summed E-state index contributed by atoms with van der Waals surface area (Å²) < 4.78 is 6.08. The maximum Gasteiger partial charge on any atom is 0.348 e. The van der Waals surface area contributed by atoms with Crippen molar-refractivity contribution in [3.8, 4) is 0 Å². The third-order valence-corrected chi connectivity index (χ3v) is 6.29. The Morgan fingerprint density at radius 3 is 2.69 bits per heavy atom. The topological polar surface area (TPSA) is 81.5 Å². The molecule has 2 aromatic heterocycles.